The predicted octanol–water partition coefficient (Wildman–Crippen LogP) is 3.68. The highest BCUT2D eigenvalue weighted by Crippen LogP contribution is 2.29. The SMILES string of the molecule is CNC(Cc1c(Cl)c(C)nn1C)c1ccc(F)cc1Cl. The summed E-state index contributed by atoms with van der Waals surface area (Å²) in [6.07, 6.45) is 0.623. The number of rotatable bonds is 4. The van der Waals surface area contributed by atoms with E-state index >= 15 is 0 Å². The fourth-order valence-electron chi connectivity index (χ4n) is 2.25. The maximum atomic E-state index is 13.1. The second-order valence-electron chi connectivity index (χ2n) is 4.68. The number of likely N-dealkylation sites (N-methyl/N-ethyl adjacent to an activating group) is 1. The number of benzene rings is 1. The molecule has 0 spiro atoms. The Bertz CT molecular complexity index is 625. The number of aryl methyl sites for hydroxylation is 2. The molecule has 1 unspecified atom stereocenters. The van der Waals surface area contributed by atoms with Gasteiger partial charge in [0.05, 0.1) is 16.4 Å². The first-order chi connectivity index (χ1) is 9.43. The summed E-state index contributed by atoms with van der Waals surface area (Å²) in [5.41, 5.74) is 2.55. The molecule has 1 aromatic carbocycles. The maximum absolute atomic E-state index is 13.1. The average Bonchev–Trinajstić information content (AvgIpc) is 2.62. The fraction of sp³-hybridized carbons (Fsp3) is 0.357. The third-order valence-corrected chi connectivity index (χ3v) is 4.16. The van der Waals surface area contributed by atoms with Gasteiger partial charge in [-0.25, -0.2) is 4.39 Å². The largest absolute Gasteiger partial charge is 0.313 e. The molecule has 3 nitrogen and oxygen atoms in total. The van der Waals surface area contributed by atoms with Gasteiger partial charge in [-0.2, -0.15) is 5.10 Å². The van der Waals surface area contributed by atoms with Crippen molar-refractivity contribution >= 4 is 23.2 Å². The van der Waals surface area contributed by atoms with Crippen LogP contribution in [0.1, 0.15) is 23.0 Å². The maximum Gasteiger partial charge on any atom is 0.124 e. The number of nitrogens with one attached hydrogen (secondary N) is 1. The van der Waals surface area contributed by atoms with E-state index in [4.69, 9.17) is 23.2 Å². The minimum absolute atomic E-state index is 0.0598. The Morgan fingerprint density at radius 3 is 2.60 bits per heavy atom. The molecule has 0 radical (unpaired) electrons. The van der Waals surface area contributed by atoms with E-state index in [1.165, 1.54) is 12.1 Å². The molecule has 0 aliphatic carbocycles. The van der Waals surface area contributed by atoms with Crippen LogP contribution < -0.4 is 5.32 Å². The number of halogens is 3. The van der Waals surface area contributed by atoms with E-state index in [0.29, 0.717) is 16.5 Å². The van der Waals surface area contributed by atoms with Crippen molar-refractivity contribution in [3.8, 4) is 0 Å². The second-order valence-corrected chi connectivity index (χ2v) is 5.47. The van der Waals surface area contributed by atoms with Crippen molar-refractivity contribution in [2.75, 3.05) is 7.05 Å². The molecule has 0 aliphatic rings. The first-order valence-electron chi connectivity index (χ1n) is 6.24. The molecule has 2 rings (SSSR count). The molecule has 6 heteroatoms. The minimum Gasteiger partial charge on any atom is -0.313 e. The molecular formula is C14H16Cl2FN3. The highest BCUT2D eigenvalue weighted by atomic mass is 35.5. The molecule has 0 bridgehead atoms. The zero-order valence-electron chi connectivity index (χ0n) is 11.5. The molecular weight excluding hydrogens is 300 g/mol. The number of nitrogens with zero attached hydrogens (tertiary/aromatic N) is 2. The van der Waals surface area contributed by atoms with E-state index in [9.17, 15) is 4.39 Å². The van der Waals surface area contributed by atoms with Crippen LogP contribution in [0.3, 0.4) is 0 Å². The molecule has 2 aromatic rings. The highest BCUT2D eigenvalue weighted by Gasteiger charge is 2.19. The summed E-state index contributed by atoms with van der Waals surface area (Å²) in [7, 11) is 3.69. The van der Waals surface area contributed by atoms with Gasteiger partial charge in [0.1, 0.15) is 5.82 Å². The second kappa shape index (κ2) is 6.12. The van der Waals surface area contributed by atoms with Crippen molar-refractivity contribution in [1.82, 2.24) is 15.1 Å². The van der Waals surface area contributed by atoms with Gasteiger partial charge in [0, 0.05) is 24.5 Å². The number of hydrogen-bond acceptors (Lipinski definition) is 2. The van der Waals surface area contributed by atoms with Gasteiger partial charge >= 0.3 is 0 Å². The van der Waals surface area contributed by atoms with Crippen LogP contribution in [0.15, 0.2) is 18.2 Å². The third kappa shape index (κ3) is 2.97. The first kappa shape index (κ1) is 15.3. The lowest BCUT2D eigenvalue weighted by molar-refractivity contribution is 0.559. The molecule has 0 saturated carbocycles. The Morgan fingerprint density at radius 2 is 2.10 bits per heavy atom. The zero-order valence-corrected chi connectivity index (χ0v) is 13.1. The van der Waals surface area contributed by atoms with Crippen LogP contribution in [-0.2, 0) is 13.5 Å². The molecule has 0 amide bonds. The highest BCUT2D eigenvalue weighted by molar-refractivity contribution is 6.32. The van der Waals surface area contributed by atoms with Crippen molar-refractivity contribution in [3.05, 3.63) is 51.0 Å². The van der Waals surface area contributed by atoms with Crippen molar-refractivity contribution < 1.29 is 4.39 Å². The van der Waals surface area contributed by atoms with Crippen LogP contribution in [0.5, 0.6) is 0 Å². The lowest BCUT2D eigenvalue weighted by atomic mass is 10.0. The summed E-state index contributed by atoms with van der Waals surface area (Å²) < 4.78 is 14.9. The molecule has 20 heavy (non-hydrogen) atoms. The third-order valence-electron chi connectivity index (χ3n) is 3.35. The molecule has 0 saturated heterocycles. The van der Waals surface area contributed by atoms with Crippen molar-refractivity contribution in [3.63, 3.8) is 0 Å². The fourth-order valence-corrected chi connectivity index (χ4v) is 2.78. The van der Waals surface area contributed by atoms with E-state index in [1.807, 2.05) is 21.0 Å². The monoisotopic (exact) mass is 315 g/mol. The van der Waals surface area contributed by atoms with Crippen LogP contribution in [0.25, 0.3) is 0 Å². The average molecular weight is 316 g/mol. The predicted molar refractivity (Wildman–Crippen MR) is 79.9 cm³/mol. The van der Waals surface area contributed by atoms with Gasteiger partial charge in [0.2, 0.25) is 0 Å². The molecule has 1 atom stereocenters. The van der Waals surface area contributed by atoms with Gasteiger partial charge in [0.25, 0.3) is 0 Å². The molecule has 0 aliphatic heterocycles. The van der Waals surface area contributed by atoms with Crippen LogP contribution >= 0.6 is 23.2 Å². The number of hydrogen-bond donors (Lipinski definition) is 1. The van der Waals surface area contributed by atoms with Crippen molar-refractivity contribution in [2.45, 2.75) is 19.4 Å². The van der Waals surface area contributed by atoms with Gasteiger partial charge in [-0.15, -0.1) is 0 Å². The van der Waals surface area contributed by atoms with E-state index in [-0.39, 0.29) is 11.9 Å². The normalized spacial score (nSPS) is 12.7. The van der Waals surface area contributed by atoms with Crippen LogP contribution in [-0.4, -0.2) is 16.8 Å². The van der Waals surface area contributed by atoms with E-state index in [0.717, 1.165) is 17.0 Å². The quantitative estimate of drug-likeness (QED) is 0.932. The van der Waals surface area contributed by atoms with Gasteiger partial charge in [0.15, 0.2) is 0 Å². The lowest BCUT2D eigenvalue weighted by Crippen LogP contribution is -2.20. The lowest BCUT2D eigenvalue weighted by Gasteiger charge is -2.18. The molecule has 1 heterocycles. The van der Waals surface area contributed by atoms with E-state index < -0.39 is 0 Å². The molecule has 108 valence electrons. The summed E-state index contributed by atoms with van der Waals surface area (Å²) in [6.45, 7) is 1.87. The summed E-state index contributed by atoms with van der Waals surface area (Å²) in [4.78, 5) is 0. The zero-order chi connectivity index (χ0) is 14.9. The summed E-state index contributed by atoms with van der Waals surface area (Å²) in [5.74, 6) is -0.344. The molecule has 1 aromatic heterocycles. The summed E-state index contributed by atoms with van der Waals surface area (Å²) >= 11 is 12.4. The Hall–Kier alpha value is -1.10. The molecule has 0 fully saturated rings. The Labute approximate surface area is 127 Å². The van der Waals surface area contributed by atoms with Crippen LogP contribution in [0.2, 0.25) is 10.0 Å². The van der Waals surface area contributed by atoms with E-state index in [1.54, 1.807) is 10.7 Å². The van der Waals surface area contributed by atoms with Gasteiger partial charge in [-0.3, -0.25) is 4.68 Å². The van der Waals surface area contributed by atoms with Crippen LogP contribution in [0, 0.1) is 12.7 Å². The van der Waals surface area contributed by atoms with Gasteiger partial charge in [-0.05, 0) is 31.7 Å². The Morgan fingerprint density at radius 1 is 1.40 bits per heavy atom. The van der Waals surface area contributed by atoms with E-state index in [2.05, 4.69) is 10.4 Å². The van der Waals surface area contributed by atoms with Crippen molar-refractivity contribution in [1.29, 1.82) is 0 Å². The smallest absolute Gasteiger partial charge is 0.124 e. The topological polar surface area (TPSA) is 29.9 Å². The Balaban J connectivity index is 2.33. The minimum atomic E-state index is -0.344. The number of aromatic nitrogens is 2. The van der Waals surface area contributed by atoms with Crippen molar-refractivity contribution in [2.24, 2.45) is 7.05 Å². The Kier molecular flexibility index (Phi) is 4.68. The van der Waals surface area contributed by atoms with Gasteiger partial charge < -0.3 is 5.32 Å². The van der Waals surface area contributed by atoms with Gasteiger partial charge in [-0.1, -0.05) is 29.3 Å². The van der Waals surface area contributed by atoms with Crippen LogP contribution in [0.4, 0.5) is 4.39 Å². The standard InChI is InChI=1S/C14H16Cl2FN3/c1-8-14(16)13(20(3)19-8)7-12(18-2)10-5-4-9(17)6-11(10)15/h4-6,12,18H,7H2,1-3H3. The molecule has 1 N–H and O–H groups in total. The first-order valence-corrected chi connectivity index (χ1v) is 6.99. The summed E-state index contributed by atoms with van der Waals surface area (Å²) in [5, 5.41) is 8.54. The summed E-state index contributed by atoms with van der Waals surface area (Å²) in [6, 6.07) is 4.35.